The summed E-state index contributed by atoms with van der Waals surface area (Å²) in [6.07, 6.45) is 1.77. The van der Waals surface area contributed by atoms with Crippen LogP contribution in [0, 0.1) is 6.92 Å². The van der Waals surface area contributed by atoms with Crippen LogP contribution in [0.4, 0.5) is 0 Å². The van der Waals surface area contributed by atoms with Crippen molar-refractivity contribution in [3.8, 4) is 22.8 Å². The van der Waals surface area contributed by atoms with Gasteiger partial charge in [-0.15, -0.1) is 0 Å². The molecule has 0 radical (unpaired) electrons. The van der Waals surface area contributed by atoms with Crippen molar-refractivity contribution >= 4 is 5.91 Å². The Morgan fingerprint density at radius 1 is 1.30 bits per heavy atom. The van der Waals surface area contributed by atoms with E-state index in [-0.39, 0.29) is 12.5 Å². The van der Waals surface area contributed by atoms with Gasteiger partial charge in [0.05, 0.1) is 19.0 Å². The highest BCUT2D eigenvalue weighted by molar-refractivity contribution is 5.78. The molecule has 1 aliphatic heterocycles. The van der Waals surface area contributed by atoms with Crippen LogP contribution >= 0.6 is 0 Å². The van der Waals surface area contributed by atoms with Gasteiger partial charge in [0.2, 0.25) is 5.91 Å². The van der Waals surface area contributed by atoms with Crippen molar-refractivity contribution < 1.29 is 14.3 Å². The summed E-state index contributed by atoms with van der Waals surface area (Å²) in [7, 11) is 1.63. The maximum atomic E-state index is 12.5. The number of hydrogen-bond acceptors (Lipinski definition) is 4. The Morgan fingerprint density at radius 3 is 3.04 bits per heavy atom. The lowest BCUT2D eigenvalue weighted by Crippen LogP contribution is -2.28. The number of ether oxygens (including phenoxy) is 2. The zero-order valence-corrected chi connectivity index (χ0v) is 15.4. The molecule has 138 valence electrons. The summed E-state index contributed by atoms with van der Waals surface area (Å²) in [6, 6.07) is 13.7. The van der Waals surface area contributed by atoms with Gasteiger partial charge in [-0.1, -0.05) is 23.8 Å². The number of aryl methyl sites for hydroxylation is 1. The van der Waals surface area contributed by atoms with Gasteiger partial charge in [-0.3, -0.25) is 9.48 Å². The first-order chi connectivity index (χ1) is 13.1. The van der Waals surface area contributed by atoms with Gasteiger partial charge in [0.25, 0.3) is 0 Å². The molecule has 0 atom stereocenters. The summed E-state index contributed by atoms with van der Waals surface area (Å²) in [5.41, 5.74) is 5.06. The molecule has 1 N–H and O–H groups in total. The quantitative estimate of drug-likeness (QED) is 0.757. The second kappa shape index (κ2) is 7.15. The van der Waals surface area contributed by atoms with Crippen LogP contribution < -0.4 is 14.8 Å². The van der Waals surface area contributed by atoms with E-state index < -0.39 is 0 Å². The molecule has 0 fully saturated rings. The van der Waals surface area contributed by atoms with E-state index in [2.05, 4.69) is 16.5 Å². The average Bonchev–Trinajstić information content (AvgIpc) is 3.09. The van der Waals surface area contributed by atoms with Crippen LogP contribution in [0.3, 0.4) is 0 Å². The average molecular weight is 363 g/mol. The van der Waals surface area contributed by atoms with E-state index >= 15 is 0 Å². The van der Waals surface area contributed by atoms with E-state index in [1.54, 1.807) is 18.0 Å². The highest BCUT2D eigenvalue weighted by Crippen LogP contribution is 2.37. The van der Waals surface area contributed by atoms with E-state index in [4.69, 9.17) is 9.47 Å². The third kappa shape index (κ3) is 3.51. The molecule has 4 rings (SSSR count). The Labute approximate surface area is 157 Å². The highest BCUT2D eigenvalue weighted by Gasteiger charge is 2.23. The van der Waals surface area contributed by atoms with E-state index in [9.17, 15) is 4.79 Å². The van der Waals surface area contributed by atoms with Crippen LogP contribution in [0.25, 0.3) is 11.3 Å². The molecule has 6 heteroatoms. The van der Waals surface area contributed by atoms with Gasteiger partial charge in [0.15, 0.2) is 0 Å². The molecule has 1 amide bonds. The van der Waals surface area contributed by atoms with Crippen LogP contribution in [0.5, 0.6) is 11.5 Å². The van der Waals surface area contributed by atoms with Crippen molar-refractivity contribution in [2.45, 2.75) is 26.6 Å². The molecule has 2 heterocycles. The first-order valence-electron chi connectivity index (χ1n) is 8.82. The van der Waals surface area contributed by atoms with Crippen molar-refractivity contribution in [3.05, 3.63) is 65.4 Å². The fourth-order valence-electron chi connectivity index (χ4n) is 3.25. The van der Waals surface area contributed by atoms with Crippen molar-refractivity contribution in [1.82, 2.24) is 15.1 Å². The van der Waals surface area contributed by atoms with Crippen LogP contribution in [0.2, 0.25) is 0 Å². The Kier molecular flexibility index (Phi) is 4.54. The summed E-state index contributed by atoms with van der Waals surface area (Å²) in [4.78, 5) is 12.5. The minimum atomic E-state index is -0.0931. The second-order valence-electron chi connectivity index (χ2n) is 6.59. The molecule has 0 spiro atoms. The SMILES string of the molecule is COc1cccc(CNC(=O)Cn2ncc3c2-c2cc(C)ccc2OC3)c1. The van der Waals surface area contributed by atoms with Crippen molar-refractivity contribution in [1.29, 1.82) is 0 Å². The Bertz CT molecular complexity index is 994. The zero-order chi connectivity index (χ0) is 18.8. The number of fused-ring (bicyclic) bond motifs is 3. The third-order valence-electron chi connectivity index (χ3n) is 4.61. The summed E-state index contributed by atoms with van der Waals surface area (Å²) >= 11 is 0. The van der Waals surface area contributed by atoms with Gasteiger partial charge >= 0.3 is 0 Å². The van der Waals surface area contributed by atoms with Crippen LogP contribution in [0.15, 0.2) is 48.7 Å². The van der Waals surface area contributed by atoms with Crippen LogP contribution in [-0.4, -0.2) is 22.8 Å². The molecule has 6 nitrogen and oxygen atoms in total. The van der Waals surface area contributed by atoms with E-state index in [1.807, 2.05) is 43.3 Å². The van der Waals surface area contributed by atoms with Crippen LogP contribution in [0.1, 0.15) is 16.7 Å². The topological polar surface area (TPSA) is 65.4 Å². The number of methoxy groups -OCH3 is 1. The fraction of sp³-hybridized carbons (Fsp3) is 0.238. The second-order valence-corrected chi connectivity index (χ2v) is 6.59. The predicted octanol–water partition coefficient (Wildman–Crippen LogP) is 3.08. The number of benzene rings is 2. The summed E-state index contributed by atoms with van der Waals surface area (Å²) in [5, 5.41) is 7.35. The smallest absolute Gasteiger partial charge is 0.242 e. The van der Waals surface area contributed by atoms with Crippen molar-refractivity contribution in [3.63, 3.8) is 0 Å². The first kappa shape index (κ1) is 17.1. The van der Waals surface area contributed by atoms with E-state index in [1.165, 1.54) is 0 Å². The van der Waals surface area contributed by atoms with Gasteiger partial charge in [-0.05, 0) is 36.8 Å². The Balaban J connectivity index is 1.49. The van der Waals surface area contributed by atoms with E-state index in [0.29, 0.717) is 13.2 Å². The molecule has 3 aromatic rings. The van der Waals surface area contributed by atoms with Gasteiger partial charge in [-0.25, -0.2) is 0 Å². The summed E-state index contributed by atoms with van der Waals surface area (Å²) in [5.74, 6) is 1.51. The number of nitrogens with one attached hydrogen (secondary N) is 1. The number of nitrogens with zero attached hydrogens (tertiary/aromatic N) is 2. The minimum Gasteiger partial charge on any atom is -0.497 e. The maximum absolute atomic E-state index is 12.5. The number of carbonyl (C=O) groups is 1. The molecule has 0 unspecified atom stereocenters. The molecule has 2 aromatic carbocycles. The maximum Gasteiger partial charge on any atom is 0.242 e. The van der Waals surface area contributed by atoms with Crippen molar-refractivity contribution in [2.24, 2.45) is 0 Å². The molecule has 1 aliphatic rings. The molecule has 27 heavy (non-hydrogen) atoms. The van der Waals surface area contributed by atoms with Gasteiger partial charge < -0.3 is 14.8 Å². The van der Waals surface area contributed by atoms with Gasteiger partial charge in [0.1, 0.15) is 24.7 Å². The lowest BCUT2D eigenvalue weighted by molar-refractivity contribution is -0.122. The predicted molar refractivity (Wildman–Crippen MR) is 102 cm³/mol. The minimum absolute atomic E-state index is 0.0931. The summed E-state index contributed by atoms with van der Waals surface area (Å²) in [6.45, 7) is 3.11. The number of carbonyl (C=O) groups excluding carboxylic acids is 1. The number of aromatic nitrogens is 2. The molecular weight excluding hydrogens is 342 g/mol. The van der Waals surface area contributed by atoms with E-state index in [0.717, 1.165) is 39.4 Å². The molecular formula is C21H21N3O3. The van der Waals surface area contributed by atoms with Gasteiger partial charge in [0, 0.05) is 17.7 Å². The van der Waals surface area contributed by atoms with Gasteiger partial charge in [-0.2, -0.15) is 5.10 Å². The lowest BCUT2D eigenvalue weighted by atomic mass is 10.0. The molecule has 0 aliphatic carbocycles. The highest BCUT2D eigenvalue weighted by atomic mass is 16.5. The molecule has 0 bridgehead atoms. The lowest BCUT2D eigenvalue weighted by Gasteiger charge is -2.19. The van der Waals surface area contributed by atoms with Crippen molar-refractivity contribution in [2.75, 3.05) is 7.11 Å². The summed E-state index contributed by atoms with van der Waals surface area (Å²) < 4.78 is 12.7. The molecule has 0 saturated carbocycles. The Morgan fingerprint density at radius 2 is 2.19 bits per heavy atom. The number of hydrogen-bond donors (Lipinski definition) is 1. The van der Waals surface area contributed by atoms with Crippen LogP contribution in [-0.2, 0) is 24.5 Å². The Hall–Kier alpha value is -3.28. The zero-order valence-electron chi connectivity index (χ0n) is 15.4. The first-order valence-corrected chi connectivity index (χ1v) is 8.82. The standard InChI is InChI=1S/C21H21N3O3/c1-14-6-7-19-18(8-14)21-16(13-27-19)11-23-24(21)12-20(25)22-10-15-4-3-5-17(9-15)26-2/h3-9,11H,10,12-13H2,1-2H3,(H,22,25). The number of amides is 1. The number of rotatable bonds is 5. The molecule has 1 aromatic heterocycles. The largest absolute Gasteiger partial charge is 0.497 e. The monoisotopic (exact) mass is 363 g/mol. The third-order valence-corrected chi connectivity index (χ3v) is 4.61. The molecule has 0 saturated heterocycles. The fourth-order valence-corrected chi connectivity index (χ4v) is 3.25. The normalized spacial score (nSPS) is 11.9.